The van der Waals surface area contributed by atoms with Crippen molar-refractivity contribution in [1.82, 2.24) is 9.62 Å². The number of hydrogen-bond acceptors (Lipinski definition) is 4. The quantitative estimate of drug-likeness (QED) is 0.637. The van der Waals surface area contributed by atoms with Gasteiger partial charge < -0.3 is 4.90 Å². The van der Waals surface area contributed by atoms with Crippen molar-refractivity contribution in [3.05, 3.63) is 87.9 Å². The number of nitrogens with one attached hydrogen (secondary N) is 1. The summed E-state index contributed by atoms with van der Waals surface area (Å²) in [6.07, 6.45) is 0. The molecule has 3 rings (SSSR count). The molecule has 0 bridgehead atoms. The minimum absolute atomic E-state index is 0.00852. The molecule has 0 spiro atoms. The highest BCUT2D eigenvalue weighted by Gasteiger charge is 2.19. The standard InChI is InChI=1S/C20H19FN2O3S2/c1-23(14-16-6-2-3-10-19(16)21)20(24)15-7-4-9-18(12-15)28(25,26)22-13-17-8-5-11-27-17/h2-12,22H,13-14H2,1H3. The normalized spacial score (nSPS) is 11.4. The Hall–Kier alpha value is -2.55. The molecule has 146 valence electrons. The molecule has 1 heterocycles. The molecule has 0 radical (unpaired) electrons. The van der Waals surface area contributed by atoms with Gasteiger partial charge in [0.15, 0.2) is 0 Å². The maximum Gasteiger partial charge on any atom is 0.253 e. The monoisotopic (exact) mass is 418 g/mol. The van der Waals surface area contributed by atoms with E-state index in [-0.39, 0.29) is 23.5 Å². The zero-order valence-electron chi connectivity index (χ0n) is 15.1. The van der Waals surface area contributed by atoms with Crippen molar-refractivity contribution < 1.29 is 17.6 Å². The second kappa shape index (κ2) is 8.64. The molecule has 8 heteroatoms. The molecule has 0 saturated carbocycles. The molecular weight excluding hydrogens is 399 g/mol. The predicted molar refractivity (Wildman–Crippen MR) is 107 cm³/mol. The first kappa shape index (κ1) is 20.2. The lowest BCUT2D eigenvalue weighted by molar-refractivity contribution is 0.0783. The third-order valence-corrected chi connectivity index (χ3v) is 6.40. The Kier molecular flexibility index (Phi) is 6.23. The number of carbonyl (C=O) groups excluding carboxylic acids is 1. The third kappa shape index (κ3) is 4.83. The van der Waals surface area contributed by atoms with E-state index < -0.39 is 21.7 Å². The molecule has 0 saturated heterocycles. The molecule has 0 fully saturated rings. The number of halogens is 1. The SMILES string of the molecule is CN(Cc1ccccc1F)C(=O)c1cccc(S(=O)(=O)NCc2cccs2)c1. The predicted octanol–water partition coefficient (Wildman–Crippen LogP) is 3.64. The summed E-state index contributed by atoms with van der Waals surface area (Å²) in [6, 6.07) is 15.7. The molecule has 1 aromatic heterocycles. The van der Waals surface area contributed by atoms with Gasteiger partial charge in [0.05, 0.1) is 4.90 Å². The van der Waals surface area contributed by atoms with Crippen LogP contribution in [0, 0.1) is 5.82 Å². The largest absolute Gasteiger partial charge is 0.337 e. The van der Waals surface area contributed by atoms with Crippen LogP contribution in [0.15, 0.2) is 70.9 Å². The first-order valence-electron chi connectivity index (χ1n) is 8.48. The lowest BCUT2D eigenvalue weighted by Gasteiger charge is -2.18. The van der Waals surface area contributed by atoms with Gasteiger partial charge in [0.2, 0.25) is 10.0 Å². The Balaban J connectivity index is 1.74. The maximum atomic E-state index is 13.8. The molecule has 0 unspecified atom stereocenters. The summed E-state index contributed by atoms with van der Waals surface area (Å²) >= 11 is 1.45. The van der Waals surface area contributed by atoms with Crippen LogP contribution >= 0.6 is 11.3 Å². The lowest BCUT2D eigenvalue weighted by atomic mass is 10.1. The van der Waals surface area contributed by atoms with E-state index in [2.05, 4.69) is 4.72 Å². The number of rotatable bonds is 7. The number of thiophene rings is 1. The third-order valence-electron chi connectivity index (χ3n) is 4.12. The molecule has 1 N–H and O–H groups in total. The summed E-state index contributed by atoms with van der Waals surface area (Å²) in [6.45, 7) is 0.268. The van der Waals surface area contributed by atoms with Crippen LogP contribution in [0.4, 0.5) is 4.39 Å². The molecule has 0 aliphatic carbocycles. The highest BCUT2D eigenvalue weighted by molar-refractivity contribution is 7.89. The number of amides is 1. The number of benzene rings is 2. The van der Waals surface area contributed by atoms with Gasteiger partial charge in [-0.25, -0.2) is 17.5 Å². The fraction of sp³-hybridized carbons (Fsp3) is 0.150. The van der Waals surface area contributed by atoms with Crippen molar-refractivity contribution in [2.75, 3.05) is 7.05 Å². The van der Waals surface area contributed by atoms with Crippen molar-refractivity contribution in [3.63, 3.8) is 0 Å². The first-order valence-corrected chi connectivity index (χ1v) is 10.8. The smallest absolute Gasteiger partial charge is 0.253 e. The summed E-state index contributed by atoms with van der Waals surface area (Å²) < 4.78 is 41.4. The Bertz CT molecular complexity index is 1070. The summed E-state index contributed by atoms with van der Waals surface area (Å²) in [5, 5.41) is 1.87. The van der Waals surface area contributed by atoms with Gasteiger partial charge >= 0.3 is 0 Å². The molecule has 1 amide bonds. The zero-order chi connectivity index (χ0) is 20.1. The summed E-state index contributed by atoms with van der Waals surface area (Å²) in [5.74, 6) is -0.783. The van der Waals surface area contributed by atoms with Crippen molar-refractivity contribution in [2.45, 2.75) is 18.0 Å². The van der Waals surface area contributed by atoms with Gasteiger partial charge in [-0.05, 0) is 35.7 Å². The van der Waals surface area contributed by atoms with E-state index in [4.69, 9.17) is 0 Å². The van der Waals surface area contributed by atoms with Gasteiger partial charge in [-0.1, -0.05) is 30.3 Å². The molecule has 2 aromatic carbocycles. The Morgan fingerprint density at radius 3 is 2.61 bits per heavy atom. The van der Waals surface area contributed by atoms with E-state index in [0.29, 0.717) is 5.56 Å². The fourth-order valence-electron chi connectivity index (χ4n) is 2.63. The van der Waals surface area contributed by atoms with Crippen molar-refractivity contribution in [3.8, 4) is 0 Å². The average molecular weight is 419 g/mol. The van der Waals surface area contributed by atoms with Crippen LogP contribution in [0.3, 0.4) is 0 Å². The summed E-state index contributed by atoms with van der Waals surface area (Å²) in [7, 11) is -2.21. The molecule has 5 nitrogen and oxygen atoms in total. The Morgan fingerprint density at radius 1 is 1.11 bits per heavy atom. The van der Waals surface area contributed by atoms with Gasteiger partial charge in [0.1, 0.15) is 5.82 Å². The van der Waals surface area contributed by atoms with Gasteiger partial charge in [-0.15, -0.1) is 11.3 Å². The van der Waals surface area contributed by atoms with Gasteiger partial charge in [0, 0.05) is 36.1 Å². The van der Waals surface area contributed by atoms with E-state index in [9.17, 15) is 17.6 Å². The number of carbonyl (C=O) groups is 1. The van der Waals surface area contributed by atoms with Crippen LogP contribution in [0.25, 0.3) is 0 Å². The van der Waals surface area contributed by atoms with Gasteiger partial charge in [-0.3, -0.25) is 4.79 Å². The fourth-order valence-corrected chi connectivity index (χ4v) is 4.42. The Labute approximate surface area is 167 Å². The molecule has 0 aliphatic rings. The molecule has 0 aliphatic heterocycles. The number of sulfonamides is 1. The highest BCUT2D eigenvalue weighted by atomic mass is 32.2. The van der Waals surface area contributed by atoms with Crippen LogP contribution in [-0.2, 0) is 23.1 Å². The van der Waals surface area contributed by atoms with E-state index in [1.807, 2.05) is 17.5 Å². The second-order valence-electron chi connectivity index (χ2n) is 6.18. The molecular formula is C20H19FN2O3S2. The van der Waals surface area contributed by atoms with Crippen LogP contribution in [-0.4, -0.2) is 26.3 Å². The van der Waals surface area contributed by atoms with Crippen molar-refractivity contribution in [2.24, 2.45) is 0 Å². The van der Waals surface area contributed by atoms with Gasteiger partial charge in [-0.2, -0.15) is 0 Å². The lowest BCUT2D eigenvalue weighted by Crippen LogP contribution is -2.27. The second-order valence-corrected chi connectivity index (χ2v) is 8.98. The average Bonchev–Trinajstić information content (AvgIpc) is 3.21. The van der Waals surface area contributed by atoms with Crippen LogP contribution in [0.2, 0.25) is 0 Å². The first-order chi connectivity index (χ1) is 13.4. The molecule has 3 aromatic rings. The van der Waals surface area contributed by atoms with E-state index in [1.165, 1.54) is 40.5 Å². The van der Waals surface area contributed by atoms with Crippen molar-refractivity contribution in [1.29, 1.82) is 0 Å². The zero-order valence-corrected chi connectivity index (χ0v) is 16.8. The highest BCUT2D eigenvalue weighted by Crippen LogP contribution is 2.16. The summed E-state index contributed by atoms with van der Waals surface area (Å²) in [5.41, 5.74) is 0.609. The minimum atomic E-state index is -3.76. The van der Waals surface area contributed by atoms with E-state index >= 15 is 0 Å². The van der Waals surface area contributed by atoms with Crippen molar-refractivity contribution >= 4 is 27.3 Å². The topological polar surface area (TPSA) is 66.5 Å². The maximum absolute atomic E-state index is 13.8. The minimum Gasteiger partial charge on any atom is -0.337 e. The molecule has 0 atom stereocenters. The summed E-state index contributed by atoms with van der Waals surface area (Å²) in [4.78, 5) is 14.9. The molecule has 28 heavy (non-hydrogen) atoms. The number of nitrogens with zero attached hydrogens (tertiary/aromatic N) is 1. The van der Waals surface area contributed by atoms with E-state index in [1.54, 1.807) is 31.3 Å². The van der Waals surface area contributed by atoms with Gasteiger partial charge in [0.25, 0.3) is 5.91 Å². The number of hydrogen-bond donors (Lipinski definition) is 1. The van der Waals surface area contributed by atoms with Crippen LogP contribution < -0.4 is 4.72 Å². The van der Waals surface area contributed by atoms with E-state index in [0.717, 1.165) is 4.88 Å². The van der Waals surface area contributed by atoms with Crippen LogP contribution in [0.1, 0.15) is 20.8 Å². The Morgan fingerprint density at radius 2 is 1.89 bits per heavy atom. The van der Waals surface area contributed by atoms with Crippen LogP contribution in [0.5, 0.6) is 0 Å².